The van der Waals surface area contributed by atoms with Gasteiger partial charge in [-0.25, -0.2) is 4.68 Å². The number of hydrogen-bond acceptors (Lipinski definition) is 6. The molecule has 2 heterocycles. The lowest BCUT2D eigenvalue weighted by Crippen LogP contribution is -2.31. The normalized spacial score (nSPS) is 15.4. The van der Waals surface area contributed by atoms with Crippen molar-refractivity contribution in [3.05, 3.63) is 70.1 Å². The second kappa shape index (κ2) is 8.90. The monoisotopic (exact) mass is 493 g/mol. The van der Waals surface area contributed by atoms with Gasteiger partial charge in [-0.05, 0) is 48.9 Å². The van der Waals surface area contributed by atoms with Gasteiger partial charge in [0.15, 0.2) is 11.5 Å². The van der Waals surface area contributed by atoms with Gasteiger partial charge in [0.1, 0.15) is 6.04 Å². The summed E-state index contributed by atoms with van der Waals surface area (Å²) in [6, 6.07) is 10.2. The first-order valence-electron chi connectivity index (χ1n) is 9.92. The van der Waals surface area contributed by atoms with Gasteiger partial charge < -0.3 is 20.1 Å². The summed E-state index contributed by atoms with van der Waals surface area (Å²) in [6.07, 6.45) is -4.77. The number of carbonyl (C=O) groups is 1. The number of alkyl halides is 3. The Kier molecular flexibility index (Phi) is 6.13. The van der Waals surface area contributed by atoms with Gasteiger partial charge in [0, 0.05) is 16.4 Å². The number of fused-ring (bicyclic) bond motifs is 1. The third-order valence-corrected chi connectivity index (χ3v) is 5.43. The lowest BCUT2D eigenvalue weighted by atomic mass is 9.94. The molecule has 0 spiro atoms. The molecular weight excluding hydrogens is 475 g/mol. The molecule has 2 N–H and O–H groups in total. The number of allylic oxidation sites excluding steroid dienone is 1. The van der Waals surface area contributed by atoms with E-state index in [1.54, 1.807) is 49.4 Å². The molecule has 8 nitrogen and oxygen atoms in total. The Morgan fingerprint density at radius 2 is 1.79 bits per heavy atom. The Morgan fingerprint density at radius 3 is 2.41 bits per heavy atom. The predicted molar refractivity (Wildman–Crippen MR) is 119 cm³/mol. The SMILES string of the molecule is COc1ccc(C2C(C(=O)Nc3ccc(Cl)cc3)=C(C)Nc3nc(C(F)(F)F)nn32)cc1OC. The van der Waals surface area contributed by atoms with E-state index in [1.807, 2.05) is 0 Å². The van der Waals surface area contributed by atoms with E-state index in [1.165, 1.54) is 14.2 Å². The van der Waals surface area contributed by atoms with Crippen LogP contribution >= 0.6 is 11.6 Å². The largest absolute Gasteiger partial charge is 0.493 e. The van der Waals surface area contributed by atoms with Crippen molar-refractivity contribution in [2.75, 3.05) is 24.9 Å². The smallest absolute Gasteiger partial charge is 0.453 e. The summed E-state index contributed by atoms with van der Waals surface area (Å²) in [6.45, 7) is 1.58. The molecule has 34 heavy (non-hydrogen) atoms. The third-order valence-electron chi connectivity index (χ3n) is 5.18. The van der Waals surface area contributed by atoms with Gasteiger partial charge in [0.25, 0.3) is 11.7 Å². The average molecular weight is 494 g/mol. The Balaban J connectivity index is 1.84. The predicted octanol–water partition coefficient (Wildman–Crippen LogP) is 4.90. The van der Waals surface area contributed by atoms with Crippen molar-refractivity contribution in [1.82, 2.24) is 14.8 Å². The summed E-state index contributed by atoms with van der Waals surface area (Å²) >= 11 is 5.91. The molecule has 12 heteroatoms. The number of hydrogen-bond donors (Lipinski definition) is 2. The molecule has 0 fully saturated rings. The van der Waals surface area contributed by atoms with E-state index in [0.717, 1.165) is 4.68 Å². The minimum Gasteiger partial charge on any atom is -0.493 e. The van der Waals surface area contributed by atoms with E-state index in [0.29, 0.717) is 33.5 Å². The fraction of sp³-hybridized carbons (Fsp3) is 0.227. The van der Waals surface area contributed by atoms with Gasteiger partial charge in [0.05, 0.1) is 19.8 Å². The Morgan fingerprint density at radius 1 is 1.12 bits per heavy atom. The van der Waals surface area contributed by atoms with Crippen LogP contribution in [-0.2, 0) is 11.0 Å². The van der Waals surface area contributed by atoms with Crippen molar-refractivity contribution < 1.29 is 27.4 Å². The van der Waals surface area contributed by atoms with Gasteiger partial charge in [-0.2, -0.15) is 18.2 Å². The molecule has 4 rings (SSSR count). The van der Waals surface area contributed by atoms with Crippen molar-refractivity contribution >= 4 is 29.1 Å². The van der Waals surface area contributed by atoms with Gasteiger partial charge in [-0.3, -0.25) is 4.79 Å². The first-order valence-corrected chi connectivity index (χ1v) is 10.3. The number of benzene rings is 2. The van der Waals surface area contributed by atoms with Crippen LogP contribution in [0.4, 0.5) is 24.8 Å². The molecule has 2 aromatic carbocycles. The first kappa shape index (κ1) is 23.4. The number of ether oxygens (including phenoxy) is 2. The fourth-order valence-corrected chi connectivity index (χ4v) is 3.75. The minimum absolute atomic E-state index is 0.146. The van der Waals surface area contributed by atoms with Crippen molar-refractivity contribution in [1.29, 1.82) is 0 Å². The van der Waals surface area contributed by atoms with Crippen LogP contribution in [0.15, 0.2) is 53.7 Å². The molecule has 0 radical (unpaired) electrons. The number of nitrogens with one attached hydrogen (secondary N) is 2. The lowest BCUT2D eigenvalue weighted by Gasteiger charge is -2.29. The van der Waals surface area contributed by atoms with Gasteiger partial charge in [-0.15, -0.1) is 5.10 Å². The molecule has 1 amide bonds. The van der Waals surface area contributed by atoms with Crippen LogP contribution in [0.5, 0.6) is 11.5 Å². The van der Waals surface area contributed by atoms with Crippen LogP contribution in [0.2, 0.25) is 5.02 Å². The average Bonchev–Trinajstić information content (AvgIpc) is 3.23. The maximum atomic E-state index is 13.4. The quantitative estimate of drug-likeness (QED) is 0.525. The summed E-state index contributed by atoms with van der Waals surface area (Å²) < 4.78 is 51.8. The van der Waals surface area contributed by atoms with Gasteiger partial charge >= 0.3 is 6.18 Å². The van der Waals surface area contributed by atoms with E-state index >= 15 is 0 Å². The van der Waals surface area contributed by atoms with Crippen molar-refractivity contribution in [3.8, 4) is 11.5 Å². The topological polar surface area (TPSA) is 90.3 Å². The van der Waals surface area contributed by atoms with Crippen molar-refractivity contribution in [2.24, 2.45) is 0 Å². The van der Waals surface area contributed by atoms with E-state index in [4.69, 9.17) is 21.1 Å². The minimum atomic E-state index is -4.77. The second-order valence-corrected chi connectivity index (χ2v) is 7.78. The second-order valence-electron chi connectivity index (χ2n) is 7.34. The number of rotatable bonds is 5. The van der Waals surface area contributed by atoms with E-state index in [2.05, 4.69) is 20.7 Å². The van der Waals surface area contributed by atoms with Crippen molar-refractivity contribution in [3.63, 3.8) is 0 Å². The lowest BCUT2D eigenvalue weighted by molar-refractivity contribution is -0.145. The Bertz CT molecular complexity index is 1270. The first-order chi connectivity index (χ1) is 16.1. The zero-order valence-corrected chi connectivity index (χ0v) is 19.0. The highest BCUT2D eigenvalue weighted by atomic mass is 35.5. The maximum absolute atomic E-state index is 13.4. The highest BCUT2D eigenvalue weighted by Gasteiger charge is 2.41. The summed E-state index contributed by atoms with van der Waals surface area (Å²) in [7, 11) is 2.89. The molecule has 0 saturated heterocycles. The van der Waals surface area contributed by atoms with Crippen LogP contribution in [0, 0.1) is 0 Å². The number of nitrogens with zero attached hydrogens (tertiary/aromatic N) is 3. The zero-order chi connectivity index (χ0) is 24.6. The van der Waals surface area contributed by atoms with E-state index < -0.39 is 23.9 Å². The fourth-order valence-electron chi connectivity index (χ4n) is 3.63. The molecule has 1 aromatic heterocycles. The number of anilines is 2. The molecule has 3 aromatic rings. The highest BCUT2D eigenvalue weighted by Crippen LogP contribution is 2.40. The van der Waals surface area contributed by atoms with Gasteiger partial charge in [0.2, 0.25) is 5.95 Å². The molecule has 0 bridgehead atoms. The molecule has 1 unspecified atom stereocenters. The number of halogens is 4. The number of aromatic nitrogens is 3. The maximum Gasteiger partial charge on any atom is 0.453 e. The zero-order valence-electron chi connectivity index (χ0n) is 18.2. The summed E-state index contributed by atoms with van der Waals surface area (Å²) in [5.41, 5.74) is 1.37. The molecule has 1 aliphatic rings. The molecular formula is C22H19ClF3N5O3. The van der Waals surface area contributed by atoms with Crippen LogP contribution in [0.3, 0.4) is 0 Å². The molecule has 178 valence electrons. The van der Waals surface area contributed by atoms with Crippen LogP contribution < -0.4 is 20.1 Å². The molecule has 0 saturated carbocycles. The molecule has 0 aliphatic carbocycles. The van der Waals surface area contributed by atoms with Crippen LogP contribution in [0.1, 0.15) is 24.4 Å². The van der Waals surface area contributed by atoms with Crippen molar-refractivity contribution in [2.45, 2.75) is 19.1 Å². The van der Waals surface area contributed by atoms with E-state index in [-0.39, 0.29) is 11.5 Å². The number of methoxy groups -OCH3 is 2. The summed E-state index contributed by atoms with van der Waals surface area (Å²) in [5.74, 6) is -1.25. The van der Waals surface area contributed by atoms with Crippen LogP contribution in [-0.4, -0.2) is 34.9 Å². The van der Waals surface area contributed by atoms with E-state index in [9.17, 15) is 18.0 Å². The Labute approximate surface area is 197 Å². The summed E-state index contributed by atoms with van der Waals surface area (Å²) in [4.78, 5) is 16.9. The Hall–Kier alpha value is -3.73. The van der Waals surface area contributed by atoms with Gasteiger partial charge in [-0.1, -0.05) is 17.7 Å². The number of amides is 1. The number of carbonyl (C=O) groups excluding carboxylic acids is 1. The summed E-state index contributed by atoms with van der Waals surface area (Å²) in [5, 5.41) is 9.68. The molecule has 1 atom stereocenters. The standard InChI is InChI=1S/C22H19ClF3N5O3/c1-11-17(19(32)28-14-7-5-13(23)6-8-14)18(12-4-9-15(33-2)16(10-12)34-3)31-21(27-11)29-20(30-31)22(24,25)26/h4-10,18H,1-3H3,(H,28,32)(H,27,29,30). The highest BCUT2D eigenvalue weighted by molar-refractivity contribution is 6.30. The van der Waals surface area contributed by atoms with Crippen LogP contribution in [0.25, 0.3) is 0 Å². The molecule has 1 aliphatic heterocycles. The third kappa shape index (κ3) is 4.38.